The van der Waals surface area contributed by atoms with E-state index in [0.29, 0.717) is 0 Å². The van der Waals surface area contributed by atoms with E-state index in [1.807, 2.05) is 0 Å². The van der Waals surface area contributed by atoms with Gasteiger partial charge in [-0.2, -0.15) is 0 Å². The van der Waals surface area contributed by atoms with Gasteiger partial charge in [0, 0.05) is 0 Å². The van der Waals surface area contributed by atoms with Crippen molar-refractivity contribution in [3.05, 3.63) is 151 Å². The summed E-state index contributed by atoms with van der Waals surface area (Å²) in [5.74, 6) is 7.84. The molecule has 0 N–H and O–H groups in total. The van der Waals surface area contributed by atoms with Crippen molar-refractivity contribution in [2.75, 3.05) is 12.3 Å². The monoisotopic (exact) mass is 559 g/mol. The molecular weight excluding hydrogens is 518 g/mol. The summed E-state index contributed by atoms with van der Waals surface area (Å²) in [5.41, 5.74) is 0. The van der Waals surface area contributed by atoms with E-state index in [1.165, 1.54) is 71.1 Å². The van der Waals surface area contributed by atoms with Gasteiger partial charge in [-0.15, -0.1) is 0 Å². The van der Waals surface area contributed by atoms with Crippen LogP contribution < -0.4 is 21.2 Å². The maximum atomic E-state index is 2.39. The summed E-state index contributed by atoms with van der Waals surface area (Å²) < 4.78 is 0. The highest BCUT2D eigenvalue weighted by molar-refractivity contribution is 7.73. The molecule has 5 radical (unpaired) electrons. The molecule has 0 aromatic heterocycles. The lowest BCUT2D eigenvalue weighted by atomic mass is 9.84. The Labute approximate surface area is 246 Å². The van der Waals surface area contributed by atoms with Crippen molar-refractivity contribution in [2.45, 2.75) is 46.5 Å². The van der Waals surface area contributed by atoms with Gasteiger partial charge in [0.1, 0.15) is 0 Å². The van der Waals surface area contributed by atoms with Crippen LogP contribution in [0.3, 0.4) is 0 Å². The van der Waals surface area contributed by atoms with Crippen LogP contribution in [0.15, 0.2) is 121 Å². The van der Waals surface area contributed by atoms with Gasteiger partial charge < -0.3 is 0 Å². The second-order valence-electron chi connectivity index (χ2n) is 10.7. The predicted octanol–water partition coefficient (Wildman–Crippen LogP) is 8.76. The molecule has 4 aromatic carbocycles. The van der Waals surface area contributed by atoms with E-state index in [1.54, 1.807) is 17.8 Å². The second-order valence-corrected chi connectivity index (χ2v) is 15.4. The summed E-state index contributed by atoms with van der Waals surface area (Å²) >= 11 is 0. The molecule has 0 bridgehead atoms. The van der Waals surface area contributed by atoms with Gasteiger partial charge in [-0.05, 0) is 105 Å². The third-order valence-corrected chi connectivity index (χ3v) is 13.5. The molecule has 1 saturated carbocycles. The molecule has 2 heteroatoms. The molecule has 0 spiro atoms. The fourth-order valence-corrected chi connectivity index (χ4v) is 10.7. The molecule has 1 fully saturated rings. The maximum absolute atomic E-state index is 2.39. The van der Waals surface area contributed by atoms with Gasteiger partial charge in [0.25, 0.3) is 0 Å². The molecule has 0 amide bonds. The highest BCUT2D eigenvalue weighted by atomic mass is 31.1. The molecule has 0 aliphatic heterocycles. The van der Waals surface area contributed by atoms with Crippen LogP contribution in [0.5, 0.6) is 0 Å². The van der Waals surface area contributed by atoms with Crippen LogP contribution in [-0.2, 0) is 0 Å². The van der Waals surface area contributed by atoms with Crippen molar-refractivity contribution in [3.8, 4) is 0 Å². The van der Waals surface area contributed by atoms with Crippen molar-refractivity contribution in [1.82, 2.24) is 0 Å². The average molecular weight is 560 g/mol. The van der Waals surface area contributed by atoms with E-state index in [0.717, 1.165) is 0 Å². The average Bonchev–Trinajstić information content (AvgIpc) is 3.21. The zero-order valence-electron chi connectivity index (χ0n) is 24.2. The Bertz CT molecular complexity index is 1080. The summed E-state index contributed by atoms with van der Waals surface area (Å²) in [6, 6.07) is 44.6. The largest absolute Gasteiger partial charge is 0.0622 e. The van der Waals surface area contributed by atoms with Crippen molar-refractivity contribution in [1.29, 1.82) is 0 Å². The van der Waals surface area contributed by atoms with Gasteiger partial charge in [0.05, 0.1) is 0 Å². The molecule has 0 nitrogen and oxygen atoms in total. The Morgan fingerprint density at radius 2 is 0.650 bits per heavy atom. The lowest BCUT2D eigenvalue weighted by molar-refractivity contribution is 0.757. The van der Waals surface area contributed by atoms with Gasteiger partial charge in [0.15, 0.2) is 0 Å². The van der Waals surface area contributed by atoms with Crippen molar-refractivity contribution in [3.63, 3.8) is 0 Å². The standard InChI is InChI=1S/C38H41P2/c1-30-31(2)38(27-17-29-40(35-22-12-6-13-23-35)36-24-14-7-15-25-36)32(3)37(30)26-16-28-39(33-18-8-4-9-19-33)34-20-10-5-11-21-34/h4-15,18-25H,16-17,26-29H2,1-3H3. The smallest absolute Gasteiger partial charge is 0.00993 e. The predicted molar refractivity (Wildman–Crippen MR) is 180 cm³/mol. The first kappa shape index (κ1) is 29.2. The van der Waals surface area contributed by atoms with Crippen LogP contribution in [0.25, 0.3) is 0 Å². The van der Waals surface area contributed by atoms with Crippen LogP contribution in [0.2, 0.25) is 0 Å². The number of benzene rings is 4. The zero-order chi connectivity index (χ0) is 27.7. The minimum Gasteiger partial charge on any atom is -0.0622 e. The SMILES string of the molecule is C[C]1[C](C)[C](CCCP(c2ccccc2)c2ccccc2)[C](C)[C]1CCCP(c1ccccc1)c1ccccc1. The van der Waals surface area contributed by atoms with E-state index >= 15 is 0 Å². The summed E-state index contributed by atoms with van der Waals surface area (Å²) in [6.45, 7) is 7.11. The molecule has 1 aliphatic carbocycles. The molecule has 40 heavy (non-hydrogen) atoms. The van der Waals surface area contributed by atoms with Crippen LogP contribution in [0.1, 0.15) is 46.5 Å². The van der Waals surface area contributed by atoms with Crippen LogP contribution in [0, 0.1) is 29.6 Å². The van der Waals surface area contributed by atoms with Gasteiger partial charge in [-0.25, -0.2) is 0 Å². The third kappa shape index (κ3) is 7.14. The first-order chi connectivity index (χ1) is 19.6. The quantitative estimate of drug-likeness (QED) is 0.152. The Kier molecular flexibility index (Phi) is 10.7. The Morgan fingerprint density at radius 1 is 0.375 bits per heavy atom. The maximum Gasteiger partial charge on any atom is -0.00993 e. The van der Waals surface area contributed by atoms with Gasteiger partial charge in [-0.1, -0.05) is 142 Å². The van der Waals surface area contributed by atoms with E-state index in [4.69, 9.17) is 0 Å². The molecule has 203 valence electrons. The molecular formula is C38H41P2. The van der Waals surface area contributed by atoms with E-state index in [2.05, 4.69) is 142 Å². The Hall–Kier alpha value is -2.26. The summed E-state index contributed by atoms with van der Waals surface area (Å²) in [4.78, 5) is 0. The first-order valence-corrected chi connectivity index (χ1v) is 17.7. The number of rotatable bonds is 12. The van der Waals surface area contributed by atoms with E-state index in [-0.39, 0.29) is 15.8 Å². The van der Waals surface area contributed by atoms with Crippen molar-refractivity contribution in [2.24, 2.45) is 0 Å². The van der Waals surface area contributed by atoms with E-state index < -0.39 is 0 Å². The van der Waals surface area contributed by atoms with Gasteiger partial charge in [-0.3, -0.25) is 0 Å². The fourth-order valence-electron chi connectivity index (χ4n) is 6.02. The Morgan fingerprint density at radius 3 is 0.925 bits per heavy atom. The van der Waals surface area contributed by atoms with Crippen LogP contribution in [-0.4, -0.2) is 12.3 Å². The topological polar surface area (TPSA) is 0 Å². The van der Waals surface area contributed by atoms with E-state index in [9.17, 15) is 0 Å². The number of hydrogen-bond acceptors (Lipinski definition) is 0. The van der Waals surface area contributed by atoms with Gasteiger partial charge >= 0.3 is 0 Å². The number of hydrogen-bond donors (Lipinski definition) is 0. The fraction of sp³-hybridized carbons (Fsp3) is 0.237. The van der Waals surface area contributed by atoms with Crippen molar-refractivity contribution < 1.29 is 0 Å². The van der Waals surface area contributed by atoms with Crippen molar-refractivity contribution >= 4 is 37.1 Å². The minimum absolute atomic E-state index is 0.326. The van der Waals surface area contributed by atoms with Crippen LogP contribution >= 0.6 is 15.8 Å². The normalized spacial score (nSPS) is 15.9. The third-order valence-electron chi connectivity index (χ3n) is 8.26. The summed E-state index contributed by atoms with van der Waals surface area (Å²) in [6.07, 6.45) is 7.29. The molecule has 1 aliphatic rings. The molecule has 4 aromatic rings. The lowest BCUT2D eigenvalue weighted by Crippen LogP contribution is -2.15. The Balaban J connectivity index is 1.19. The highest BCUT2D eigenvalue weighted by Crippen LogP contribution is 2.56. The first-order valence-electron chi connectivity index (χ1n) is 14.6. The van der Waals surface area contributed by atoms with Crippen LogP contribution in [0.4, 0.5) is 0 Å². The molecule has 0 atom stereocenters. The lowest BCUT2D eigenvalue weighted by Gasteiger charge is -2.24. The molecule has 0 unspecified atom stereocenters. The highest BCUT2D eigenvalue weighted by Gasteiger charge is 2.44. The summed E-state index contributed by atoms with van der Waals surface area (Å²) in [5, 5.41) is 5.96. The second kappa shape index (κ2) is 14.6. The zero-order valence-corrected chi connectivity index (χ0v) is 26.0. The summed E-state index contributed by atoms with van der Waals surface area (Å²) in [7, 11) is -0.652. The molecule has 0 saturated heterocycles. The minimum atomic E-state index is -0.326. The molecule has 5 rings (SSSR count). The molecule has 0 heterocycles. The van der Waals surface area contributed by atoms with Gasteiger partial charge in [0.2, 0.25) is 0 Å².